The Bertz CT molecular complexity index is 985. The lowest BCUT2D eigenvalue weighted by Gasteiger charge is -2.21. The number of aromatic nitrogens is 2. The van der Waals surface area contributed by atoms with Crippen LogP contribution in [-0.4, -0.2) is 45.4 Å². The number of primary amides is 1. The maximum absolute atomic E-state index is 12.8. The number of nitrogens with zero attached hydrogens (tertiary/aromatic N) is 2. The van der Waals surface area contributed by atoms with Gasteiger partial charge in [0.2, 0.25) is 11.8 Å². The highest BCUT2D eigenvalue weighted by molar-refractivity contribution is 5.88. The van der Waals surface area contributed by atoms with Crippen molar-refractivity contribution in [3.05, 3.63) is 60.6 Å². The van der Waals surface area contributed by atoms with Gasteiger partial charge in [-0.1, -0.05) is 18.2 Å². The third-order valence-corrected chi connectivity index (χ3v) is 5.13. The van der Waals surface area contributed by atoms with Crippen molar-refractivity contribution in [1.29, 1.82) is 0 Å². The molecule has 0 bridgehead atoms. The maximum Gasteiger partial charge on any atom is 0.240 e. The highest BCUT2D eigenvalue weighted by Crippen LogP contribution is 2.25. The molecular formula is C21H22N4O3. The Morgan fingerprint density at radius 3 is 2.89 bits per heavy atom. The van der Waals surface area contributed by atoms with E-state index in [1.54, 1.807) is 29.4 Å². The van der Waals surface area contributed by atoms with Crippen LogP contribution in [0.1, 0.15) is 18.4 Å². The second-order valence-corrected chi connectivity index (χ2v) is 6.99. The van der Waals surface area contributed by atoms with Crippen LogP contribution in [0.4, 0.5) is 0 Å². The van der Waals surface area contributed by atoms with E-state index in [4.69, 9.17) is 10.5 Å². The monoisotopic (exact) mass is 378 g/mol. The number of amides is 2. The summed E-state index contributed by atoms with van der Waals surface area (Å²) in [5, 5.41) is 1.11. The van der Waals surface area contributed by atoms with Gasteiger partial charge in [0.15, 0.2) is 0 Å². The topological polar surface area (TPSA) is 101 Å². The van der Waals surface area contributed by atoms with Crippen molar-refractivity contribution in [2.24, 2.45) is 5.73 Å². The average molecular weight is 378 g/mol. The Labute approximate surface area is 162 Å². The normalized spacial score (nSPS) is 19.1. The number of carbonyl (C=O) groups excluding carboxylic acids is 2. The van der Waals surface area contributed by atoms with E-state index in [1.807, 2.05) is 30.5 Å². The largest absolute Gasteiger partial charge is 0.487 e. The van der Waals surface area contributed by atoms with Crippen LogP contribution in [0.2, 0.25) is 0 Å². The first-order valence-corrected chi connectivity index (χ1v) is 9.32. The third kappa shape index (κ3) is 3.69. The lowest BCUT2D eigenvalue weighted by atomic mass is 10.1. The van der Waals surface area contributed by atoms with Crippen LogP contribution in [-0.2, 0) is 16.0 Å². The minimum absolute atomic E-state index is 0.0913. The number of pyridine rings is 1. The first-order valence-electron chi connectivity index (χ1n) is 9.32. The number of rotatable bonds is 6. The number of likely N-dealkylation sites (tertiary alicyclic amines) is 1. The van der Waals surface area contributed by atoms with E-state index in [9.17, 15) is 9.59 Å². The van der Waals surface area contributed by atoms with E-state index in [0.29, 0.717) is 31.6 Å². The first-order chi connectivity index (χ1) is 13.6. The fraction of sp³-hybridized carbons (Fsp3) is 0.286. The zero-order chi connectivity index (χ0) is 19.5. The minimum Gasteiger partial charge on any atom is -0.487 e. The van der Waals surface area contributed by atoms with Crippen LogP contribution in [0.5, 0.6) is 5.75 Å². The van der Waals surface area contributed by atoms with Crippen molar-refractivity contribution in [3.63, 3.8) is 0 Å². The van der Waals surface area contributed by atoms with Gasteiger partial charge >= 0.3 is 0 Å². The number of aryl methyl sites for hydroxylation is 1. The van der Waals surface area contributed by atoms with E-state index < -0.39 is 11.9 Å². The van der Waals surface area contributed by atoms with E-state index in [2.05, 4.69) is 9.97 Å². The Balaban J connectivity index is 1.42. The molecule has 2 atom stereocenters. The molecule has 7 nitrogen and oxygen atoms in total. The van der Waals surface area contributed by atoms with Gasteiger partial charge in [-0.05, 0) is 30.2 Å². The molecule has 1 aromatic carbocycles. The van der Waals surface area contributed by atoms with Gasteiger partial charge < -0.3 is 20.4 Å². The number of fused-ring (bicyclic) bond motifs is 1. The Morgan fingerprint density at radius 2 is 2.11 bits per heavy atom. The van der Waals surface area contributed by atoms with E-state index in [0.717, 1.165) is 16.5 Å². The molecule has 28 heavy (non-hydrogen) atoms. The summed E-state index contributed by atoms with van der Waals surface area (Å²) in [5.41, 5.74) is 7.67. The molecule has 1 aliphatic heterocycles. The van der Waals surface area contributed by atoms with Crippen LogP contribution in [0.15, 0.2) is 55.0 Å². The SMILES string of the molecule is NC(=O)[C@@H]1C[C@H](Oc2cccnc2)CN1C(=O)CCc1c[nH]c2ccccc12. The standard InChI is InChI=1S/C21H22N4O3/c22-21(27)19-10-16(28-15-4-3-9-23-12-15)13-25(19)20(26)8-7-14-11-24-18-6-2-1-5-17(14)18/h1-6,9,11-12,16,19,24H,7-8,10,13H2,(H2,22,27)/t16-,19-/m0/s1. The molecule has 1 saturated heterocycles. The van der Waals surface area contributed by atoms with Crippen LogP contribution in [0.25, 0.3) is 10.9 Å². The van der Waals surface area contributed by atoms with Crippen LogP contribution >= 0.6 is 0 Å². The lowest BCUT2D eigenvalue weighted by molar-refractivity contribution is -0.137. The highest BCUT2D eigenvalue weighted by atomic mass is 16.5. The molecule has 0 aliphatic carbocycles. The molecule has 3 N–H and O–H groups in total. The van der Waals surface area contributed by atoms with E-state index in [-0.39, 0.29) is 12.0 Å². The quantitative estimate of drug-likeness (QED) is 0.685. The average Bonchev–Trinajstić information content (AvgIpc) is 3.31. The summed E-state index contributed by atoms with van der Waals surface area (Å²) in [4.78, 5) is 33.5. The Morgan fingerprint density at radius 1 is 1.25 bits per heavy atom. The Hall–Kier alpha value is -3.35. The molecule has 144 valence electrons. The van der Waals surface area contributed by atoms with Gasteiger partial charge in [0, 0.05) is 36.1 Å². The van der Waals surface area contributed by atoms with Gasteiger partial charge in [-0.2, -0.15) is 0 Å². The van der Waals surface area contributed by atoms with E-state index >= 15 is 0 Å². The summed E-state index contributed by atoms with van der Waals surface area (Å²) in [5.74, 6) is 0.0212. The number of H-pyrrole nitrogens is 1. The molecule has 0 spiro atoms. The zero-order valence-electron chi connectivity index (χ0n) is 15.4. The fourth-order valence-corrected chi connectivity index (χ4v) is 3.76. The van der Waals surface area contributed by atoms with Gasteiger partial charge in [-0.3, -0.25) is 14.6 Å². The van der Waals surface area contributed by atoms with Gasteiger partial charge in [0.05, 0.1) is 12.7 Å². The van der Waals surface area contributed by atoms with Crippen molar-refractivity contribution in [2.45, 2.75) is 31.4 Å². The smallest absolute Gasteiger partial charge is 0.240 e. The highest BCUT2D eigenvalue weighted by Gasteiger charge is 2.39. The number of ether oxygens (including phenoxy) is 1. The molecule has 3 heterocycles. The predicted octanol–water partition coefficient (Wildman–Crippen LogP) is 2.03. The summed E-state index contributed by atoms with van der Waals surface area (Å²) in [6.45, 7) is 0.342. The van der Waals surface area contributed by atoms with Crippen molar-refractivity contribution < 1.29 is 14.3 Å². The molecule has 7 heteroatoms. The molecule has 4 rings (SSSR count). The molecule has 0 saturated carbocycles. The minimum atomic E-state index is -0.642. The molecule has 3 aromatic rings. The van der Waals surface area contributed by atoms with Crippen molar-refractivity contribution >= 4 is 22.7 Å². The zero-order valence-corrected chi connectivity index (χ0v) is 15.4. The number of benzene rings is 1. The van der Waals surface area contributed by atoms with E-state index in [1.165, 1.54) is 0 Å². The number of nitrogens with one attached hydrogen (secondary N) is 1. The summed E-state index contributed by atoms with van der Waals surface area (Å²) in [7, 11) is 0. The molecule has 2 aromatic heterocycles. The van der Waals surface area contributed by atoms with Crippen molar-refractivity contribution in [3.8, 4) is 5.75 Å². The number of carbonyl (C=O) groups is 2. The number of nitrogens with two attached hydrogens (primary N) is 1. The van der Waals surface area contributed by atoms with Gasteiger partial charge in [-0.25, -0.2) is 0 Å². The van der Waals surface area contributed by atoms with Crippen molar-refractivity contribution in [1.82, 2.24) is 14.9 Å². The van der Waals surface area contributed by atoms with Gasteiger partial charge in [0.1, 0.15) is 17.9 Å². The summed E-state index contributed by atoms with van der Waals surface area (Å²) in [6.07, 6.45) is 6.23. The Kier molecular flexibility index (Phi) is 4.97. The molecular weight excluding hydrogens is 356 g/mol. The number of para-hydroxylation sites is 1. The fourth-order valence-electron chi connectivity index (χ4n) is 3.76. The van der Waals surface area contributed by atoms with Crippen LogP contribution < -0.4 is 10.5 Å². The molecule has 1 aliphatic rings. The van der Waals surface area contributed by atoms with Gasteiger partial charge in [-0.15, -0.1) is 0 Å². The van der Waals surface area contributed by atoms with Crippen molar-refractivity contribution in [2.75, 3.05) is 6.54 Å². The predicted molar refractivity (Wildman–Crippen MR) is 105 cm³/mol. The summed E-state index contributed by atoms with van der Waals surface area (Å²) >= 11 is 0. The molecule has 2 amide bonds. The maximum atomic E-state index is 12.8. The number of hydrogen-bond acceptors (Lipinski definition) is 4. The van der Waals surface area contributed by atoms with Crippen LogP contribution in [0, 0.1) is 0 Å². The van der Waals surface area contributed by atoms with Gasteiger partial charge in [0.25, 0.3) is 0 Å². The summed E-state index contributed by atoms with van der Waals surface area (Å²) < 4.78 is 5.87. The summed E-state index contributed by atoms with van der Waals surface area (Å²) in [6, 6.07) is 10.9. The second-order valence-electron chi connectivity index (χ2n) is 6.99. The molecule has 0 radical (unpaired) electrons. The number of hydrogen-bond donors (Lipinski definition) is 2. The first kappa shape index (κ1) is 18.0. The third-order valence-electron chi connectivity index (χ3n) is 5.13. The lowest BCUT2D eigenvalue weighted by Crippen LogP contribution is -2.43. The molecule has 1 fully saturated rings. The number of aromatic amines is 1. The van der Waals surface area contributed by atoms with Crippen LogP contribution in [0.3, 0.4) is 0 Å². The molecule has 0 unspecified atom stereocenters. The second kappa shape index (κ2) is 7.72.